The summed E-state index contributed by atoms with van der Waals surface area (Å²) in [6.07, 6.45) is 0.284. The minimum Gasteiger partial charge on any atom is -0.467 e. The Labute approximate surface area is 159 Å². The predicted molar refractivity (Wildman–Crippen MR) is 99.4 cm³/mol. The molecule has 10 heteroatoms. The highest BCUT2D eigenvalue weighted by molar-refractivity contribution is 7.89. The smallest absolute Gasteiger partial charge is 0.331 e. The summed E-state index contributed by atoms with van der Waals surface area (Å²) in [7, 11) is -1.45. The molecule has 27 heavy (non-hydrogen) atoms. The Morgan fingerprint density at radius 2 is 1.74 bits per heavy atom. The van der Waals surface area contributed by atoms with Crippen LogP contribution < -0.4 is 10.6 Å². The second-order valence-electron chi connectivity index (χ2n) is 6.19. The Bertz CT molecular complexity index is 806. The molecule has 0 bridgehead atoms. The first kappa shape index (κ1) is 22.6. The van der Waals surface area contributed by atoms with E-state index in [-0.39, 0.29) is 17.2 Å². The van der Waals surface area contributed by atoms with Gasteiger partial charge in [0.2, 0.25) is 21.8 Å². The fraction of sp³-hybridized carbons (Fsp3) is 0.471. The van der Waals surface area contributed by atoms with E-state index in [1.54, 1.807) is 6.92 Å². The van der Waals surface area contributed by atoms with Crippen molar-refractivity contribution in [3.63, 3.8) is 0 Å². The summed E-state index contributed by atoms with van der Waals surface area (Å²) in [6.45, 7) is 4.08. The van der Waals surface area contributed by atoms with Gasteiger partial charge in [-0.3, -0.25) is 9.59 Å². The first-order valence-electron chi connectivity index (χ1n) is 8.19. The number of ether oxygens (including phenoxy) is 1. The van der Waals surface area contributed by atoms with Gasteiger partial charge in [-0.05, 0) is 37.6 Å². The van der Waals surface area contributed by atoms with Crippen LogP contribution in [0.15, 0.2) is 29.2 Å². The number of sulfonamides is 1. The SMILES string of the molecule is CCC(C)(NC(=O)CN(C)S(=O)(=O)c1ccc(NC(C)=O)cc1)C(=O)OC. The molecule has 1 aromatic carbocycles. The van der Waals surface area contributed by atoms with Crippen LogP contribution >= 0.6 is 0 Å². The zero-order chi connectivity index (χ0) is 20.8. The van der Waals surface area contributed by atoms with E-state index in [4.69, 9.17) is 0 Å². The van der Waals surface area contributed by atoms with Crippen molar-refractivity contribution in [3.05, 3.63) is 24.3 Å². The average molecular weight is 399 g/mol. The van der Waals surface area contributed by atoms with Gasteiger partial charge in [-0.2, -0.15) is 4.31 Å². The Balaban J connectivity index is 2.88. The van der Waals surface area contributed by atoms with E-state index in [2.05, 4.69) is 15.4 Å². The van der Waals surface area contributed by atoms with Crippen LogP contribution in [-0.4, -0.2) is 56.7 Å². The molecule has 0 saturated carbocycles. The number of hydrogen-bond acceptors (Lipinski definition) is 6. The molecular weight excluding hydrogens is 374 g/mol. The van der Waals surface area contributed by atoms with Crippen LogP contribution in [0.1, 0.15) is 27.2 Å². The highest BCUT2D eigenvalue weighted by Gasteiger charge is 2.35. The van der Waals surface area contributed by atoms with Crippen LogP contribution in [-0.2, 0) is 29.1 Å². The Morgan fingerprint density at radius 1 is 1.19 bits per heavy atom. The summed E-state index contributed by atoms with van der Waals surface area (Å²) in [5, 5.41) is 5.05. The van der Waals surface area contributed by atoms with Gasteiger partial charge >= 0.3 is 5.97 Å². The standard InChI is InChI=1S/C17H25N3O6S/c1-6-17(3,16(23)26-5)19-15(22)11-20(4)27(24,25)14-9-7-13(8-10-14)18-12(2)21/h7-10H,6,11H2,1-5H3,(H,18,21)(H,19,22). The van der Waals surface area contributed by atoms with Crippen LogP contribution in [0.25, 0.3) is 0 Å². The van der Waals surface area contributed by atoms with Crippen molar-refractivity contribution in [3.8, 4) is 0 Å². The molecule has 2 N–H and O–H groups in total. The summed E-state index contributed by atoms with van der Waals surface area (Å²) in [5.74, 6) is -1.52. The van der Waals surface area contributed by atoms with E-state index in [1.165, 1.54) is 52.3 Å². The van der Waals surface area contributed by atoms with E-state index in [1.807, 2.05) is 0 Å². The zero-order valence-electron chi connectivity index (χ0n) is 16.0. The van der Waals surface area contributed by atoms with Crippen molar-refractivity contribution in [1.82, 2.24) is 9.62 Å². The summed E-state index contributed by atoms with van der Waals surface area (Å²) in [6, 6.07) is 5.57. The van der Waals surface area contributed by atoms with Crippen LogP contribution in [0.5, 0.6) is 0 Å². The lowest BCUT2D eigenvalue weighted by Gasteiger charge is -2.27. The fourth-order valence-corrected chi connectivity index (χ4v) is 3.36. The van der Waals surface area contributed by atoms with Crippen molar-refractivity contribution >= 4 is 33.5 Å². The molecule has 2 amide bonds. The molecule has 0 aliphatic heterocycles. The number of benzene rings is 1. The maximum atomic E-state index is 12.6. The molecular formula is C17H25N3O6S. The average Bonchev–Trinajstić information content (AvgIpc) is 2.60. The van der Waals surface area contributed by atoms with Gasteiger partial charge in [0.15, 0.2) is 0 Å². The Morgan fingerprint density at radius 3 is 2.19 bits per heavy atom. The molecule has 9 nitrogen and oxygen atoms in total. The number of nitrogens with one attached hydrogen (secondary N) is 2. The molecule has 0 aliphatic rings. The summed E-state index contributed by atoms with van der Waals surface area (Å²) >= 11 is 0. The van der Waals surface area contributed by atoms with Crippen LogP contribution in [0.2, 0.25) is 0 Å². The van der Waals surface area contributed by atoms with Gasteiger partial charge in [0.25, 0.3) is 0 Å². The lowest BCUT2D eigenvalue weighted by Crippen LogP contribution is -2.54. The number of anilines is 1. The molecule has 1 unspecified atom stereocenters. The molecule has 0 radical (unpaired) electrons. The number of likely N-dealkylation sites (N-methyl/N-ethyl adjacent to an activating group) is 1. The maximum Gasteiger partial charge on any atom is 0.331 e. The molecule has 1 atom stereocenters. The fourth-order valence-electron chi connectivity index (χ4n) is 2.24. The first-order chi connectivity index (χ1) is 12.5. The first-order valence-corrected chi connectivity index (χ1v) is 9.63. The number of esters is 1. The predicted octanol–water partition coefficient (Wildman–Crippen LogP) is 0.723. The highest BCUT2D eigenvalue weighted by atomic mass is 32.2. The van der Waals surface area contributed by atoms with E-state index >= 15 is 0 Å². The van der Waals surface area contributed by atoms with Gasteiger partial charge in [0.05, 0.1) is 18.6 Å². The van der Waals surface area contributed by atoms with Gasteiger partial charge in [0, 0.05) is 19.7 Å². The van der Waals surface area contributed by atoms with Crippen molar-refractivity contribution < 1.29 is 27.5 Å². The molecule has 0 fully saturated rings. The third kappa shape index (κ3) is 5.76. The van der Waals surface area contributed by atoms with E-state index in [0.717, 1.165) is 4.31 Å². The Hall–Kier alpha value is -2.46. The van der Waals surface area contributed by atoms with E-state index in [0.29, 0.717) is 5.69 Å². The minimum absolute atomic E-state index is 0.0295. The number of rotatable bonds is 8. The number of hydrogen-bond donors (Lipinski definition) is 2. The molecule has 1 aromatic rings. The highest BCUT2D eigenvalue weighted by Crippen LogP contribution is 2.18. The number of carbonyl (C=O) groups excluding carboxylic acids is 3. The van der Waals surface area contributed by atoms with Gasteiger partial charge in [0.1, 0.15) is 5.54 Å². The second kappa shape index (κ2) is 8.96. The molecule has 0 spiro atoms. The molecule has 150 valence electrons. The van der Waals surface area contributed by atoms with Gasteiger partial charge in [-0.15, -0.1) is 0 Å². The number of nitrogens with zero attached hydrogens (tertiary/aromatic N) is 1. The zero-order valence-corrected chi connectivity index (χ0v) is 16.8. The van der Waals surface area contributed by atoms with Crippen molar-refractivity contribution in [2.45, 2.75) is 37.6 Å². The maximum absolute atomic E-state index is 12.6. The third-order valence-corrected chi connectivity index (χ3v) is 5.83. The molecule has 0 aromatic heterocycles. The largest absolute Gasteiger partial charge is 0.467 e. The van der Waals surface area contributed by atoms with Crippen molar-refractivity contribution in [1.29, 1.82) is 0 Å². The molecule has 0 aliphatic carbocycles. The quantitative estimate of drug-likeness (QED) is 0.621. The van der Waals surface area contributed by atoms with Crippen molar-refractivity contribution in [2.75, 3.05) is 26.0 Å². The summed E-state index contributed by atoms with van der Waals surface area (Å²) < 4.78 is 30.7. The van der Waals surface area contributed by atoms with Gasteiger partial charge in [-0.1, -0.05) is 6.92 Å². The number of amides is 2. The molecule has 0 saturated heterocycles. The van der Waals surface area contributed by atoms with Gasteiger partial charge in [-0.25, -0.2) is 13.2 Å². The minimum atomic E-state index is -3.92. The summed E-state index contributed by atoms with van der Waals surface area (Å²) in [5.41, 5.74) is -0.783. The molecule has 1 rings (SSSR count). The lowest BCUT2D eigenvalue weighted by molar-refractivity contribution is -0.150. The second-order valence-corrected chi connectivity index (χ2v) is 8.24. The van der Waals surface area contributed by atoms with E-state index in [9.17, 15) is 22.8 Å². The normalized spacial score (nSPS) is 13.6. The van der Waals surface area contributed by atoms with Crippen molar-refractivity contribution in [2.24, 2.45) is 0 Å². The van der Waals surface area contributed by atoms with Crippen LogP contribution in [0.4, 0.5) is 5.69 Å². The van der Waals surface area contributed by atoms with Crippen LogP contribution in [0.3, 0.4) is 0 Å². The van der Waals surface area contributed by atoms with E-state index < -0.39 is 34.0 Å². The summed E-state index contributed by atoms with van der Waals surface area (Å²) in [4.78, 5) is 35.0. The number of carbonyl (C=O) groups is 3. The Kier molecular flexibility index (Phi) is 7.49. The topological polar surface area (TPSA) is 122 Å². The monoisotopic (exact) mass is 399 g/mol. The lowest BCUT2D eigenvalue weighted by atomic mass is 9.99. The van der Waals surface area contributed by atoms with Gasteiger partial charge < -0.3 is 15.4 Å². The van der Waals surface area contributed by atoms with Crippen LogP contribution in [0, 0.1) is 0 Å². The number of methoxy groups -OCH3 is 1. The molecule has 0 heterocycles. The third-order valence-electron chi connectivity index (χ3n) is 4.01.